The number of nitrogens with zero attached hydrogens (tertiary/aromatic N) is 1. The third kappa shape index (κ3) is 4.24. The van der Waals surface area contributed by atoms with Gasteiger partial charge in [-0.2, -0.15) is 0 Å². The van der Waals surface area contributed by atoms with E-state index < -0.39 is 17.1 Å². The molecule has 0 saturated carbocycles. The largest absolute Gasteiger partial charge is 0.508 e. The zero-order valence-electron chi connectivity index (χ0n) is 12.4. The molecule has 0 saturated heterocycles. The lowest BCUT2D eigenvalue weighted by molar-refractivity contribution is -0.384. The number of phenolic OH excluding ortho intramolecular Hbond substituents is 1. The van der Waals surface area contributed by atoms with Crippen molar-refractivity contribution < 1.29 is 19.5 Å². The number of nitrogens with one attached hydrogen (secondary N) is 1. The minimum atomic E-state index is -0.878. The molecule has 0 aromatic heterocycles. The van der Waals surface area contributed by atoms with Gasteiger partial charge in [0.15, 0.2) is 0 Å². The molecule has 0 radical (unpaired) electrons. The minimum absolute atomic E-state index is 0.0634. The van der Waals surface area contributed by atoms with Gasteiger partial charge in [0.2, 0.25) is 0 Å². The number of rotatable bonds is 6. The number of nitro groups is 1. The number of aliphatic hydroxyl groups excluding tert-OH is 1. The molecule has 122 valence electrons. The number of non-ortho nitro benzene ring substituents is 1. The number of hydrogen-bond acceptors (Lipinski definition) is 5. The third-order valence-electron chi connectivity index (χ3n) is 3.57. The van der Waals surface area contributed by atoms with Crippen LogP contribution in [-0.4, -0.2) is 21.2 Å². The van der Waals surface area contributed by atoms with Crippen LogP contribution in [0.15, 0.2) is 42.5 Å². The summed E-state index contributed by atoms with van der Waals surface area (Å²) < 4.78 is 12.9. The van der Waals surface area contributed by atoms with Crippen LogP contribution >= 0.6 is 0 Å². The van der Waals surface area contributed by atoms with Crippen LogP contribution in [0.3, 0.4) is 0 Å². The van der Waals surface area contributed by atoms with Gasteiger partial charge in [0.1, 0.15) is 11.6 Å². The molecule has 2 aromatic rings. The Morgan fingerprint density at radius 2 is 1.91 bits per heavy atom. The van der Waals surface area contributed by atoms with Crippen LogP contribution in [0.4, 0.5) is 10.1 Å². The Morgan fingerprint density at radius 3 is 2.52 bits per heavy atom. The average molecular weight is 320 g/mol. The fraction of sp³-hybridized carbons (Fsp3) is 0.250. The Labute approximate surface area is 132 Å². The van der Waals surface area contributed by atoms with Gasteiger partial charge < -0.3 is 15.5 Å². The molecular formula is C16H17FN2O4. The first-order valence-corrected chi connectivity index (χ1v) is 7.01. The van der Waals surface area contributed by atoms with Crippen LogP contribution in [-0.2, 0) is 6.54 Å². The summed E-state index contributed by atoms with van der Waals surface area (Å²) in [5, 5.41) is 33.7. The minimum Gasteiger partial charge on any atom is -0.508 e. The van der Waals surface area contributed by atoms with Crippen molar-refractivity contribution >= 4 is 5.69 Å². The second kappa shape index (κ2) is 7.17. The van der Waals surface area contributed by atoms with Crippen molar-refractivity contribution in [1.29, 1.82) is 0 Å². The first-order chi connectivity index (χ1) is 10.9. The highest BCUT2D eigenvalue weighted by Crippen LogP contribution is 2.24. The number of phenols is 1. The molecule has 2 aromatic carbocycles. The number of hydrogen-bond donors (Lipinski definition) is 3. The summed E-state index contributed by atoms with van der Waals surface area (Å²) in [6.07, 6.45) is -0.878. The first kappa shape index (κ1) is 16.9. The average Bonchev–Trinajstić information content (AvgIpc) is 2.53. The smallest absolute Gasteiger partial charge is 0.270 e. The van der Waals surface area contributed by atoms with E-state index in [1.54, 1.807) is 6.92 Å². The maximum absolute atomic E-state index is 12.9. The molecule has 0 aliphatic rings. The monoisotopic (exact) mass is 320 g/mol. The topological polar surface area (TPSA) is 95.6 Å². The fourth-order valence-electron chi connectivity index (χ4n) is 2.16. The molecule has 7 heteroatoms. The van der Waals surface area contributed by atoms with Crippen molar-refractivity contribution in [3.8, 4) is 5.75 Å². The van der Waals surface area contributed by atoms with Crippen LogP contribution in [0.25, 0.3) is 0 Å². The molecule has 0 heterocycles. The Kier molecular flexibility index (Phi) is 5.25. The van der Waals surface area contributed by atoms with E-state index in [4.69, 9.17) is 0 Å². The van der Waals surface area contributed by atoms with Gasteiger partial charge in [-0.05, 0) is 30.7 Å². The quantitative estimate of drug-likeness (QED) is 0.562. The molecule has 3 N–H and O–H groups in total. The fourth-order valence-corrected chi connectivity index (χ4v) is 2.16. The highest BCUT2D eigenvalue weighted by atomic mass is 19.1. The summed E-state index contributed by atoms with van der Waals surface area (Å²) >= 11 is 0. The molecule has 23 heavy (non-hydrogen) atoms. The number of aromatic hydroxyl groups is 1. The van der Waals surface area contributed by atoms with Gasteiger partial charge in [0.25, 0.3) is 5.69 Å². The van der Waals surface area contributed by atoms with Crippen LogP contribution in [0, 0.1) is 15.9 Å². The highest BCUT2D eigenvalue weighted by molar-refractivity contribution is 5.43. The summed E-state index contributed by atoms with van der Waals surface area (Å²) in [7, 11) is 0. The summed E-state index contributed by atoms with van der Waals surface area (Å²) in [6, 6.07) is 8.85. The van der Waals surface area contributed by atoms with Crippen LogP contribution in [0.5, 0.6) is 5.75 Å². The molecule has 0 fully saturated rings. The molecule has 0 bridgehead atoms. The molecule has 2 unspecified atom stereocenters. The van der Waals surface area contributed by atoms with E-state index in [0.29, 0.717) is 11.1 Å². The van der Waals surface area contributed by atoms with Crippen LogP contribution in [0.2, 0.25) is 0 Å². The summed E-state index contributed by atoms with van der Waals surface area (Å²) in [5.41, 5.74) is 0.790. The summed E-state index contributed by atoms with van der Waals surface area (Å²) in [5.74, 6) is -0.449. The lowest BCUT2D eigenvalue weighted by atomic mass is 10.0. The molecular weight excluding hydrogens is 303 g/mol. The Hall–Kier alpha value is -2.51. The van der Waals surface area contributed by atoms with Gasteiger partial charge in [-0.1, -0.05) is 12.1 Å². The van der Waals surface area contributed by atoms with E-state index >= 15 is 0 Å². The first-order valence-electron chi connectivity index (χ1n) is 7.01. The van der Waals surface area contributed by atoms with Crippen LogP contribution in [0.1, 0.15) is 24.2 Å². The predicted molar refractivity (Wildman–Crippen MR) is 82.4 cm³/mol. The van der Waals surface area contributed by atoms with Crippen molar-refractivity contribution in [1.82, 2.24) is 5.32 Å². The molecule has 0 aliphatic carbocycles. The van der Waals surface area contributed by atoms with Gasteiger partial charge in [-0.25, -0.2) is 4.39 Å². The number of nitro benzene ring substituents is 1. The van der Waals surface area contributed by atoms with Crippen molar-refractivity contribution in [2.24, 2.45) is 0 Å². The lowest BCUT2D eigenvalue weighted by Gasteiger charge is -2.21. The second-order valence-corrected chi connectivity index (χ2v) is 5.24. The third-order valence-corrected chi connectivity index (χ3v) is 3.57. The van der Waals surface area contributed by atoms with Crippen molar-refractivity contribution in [2.75, 3.05) is 0 Å². The normalized spacial score (nSPS) is 13.5. The van der Waals surface area contributed by atoms with Crippen molar-refractivity contribution in [2.45, 2.75) is 25.6 Å². The number of aliphatic hydroxyl groups is 1. The number of halogens is 1. The van der Waals surface area contributed by atoms with Gasteiger partial charge >= 0.3 is 0 Å². The molecule has 2 rings (SSSR count). The molecule has 0 spiro atoms. The number of benzene rings is 2. The van der Waals surface area contributed by atoms with E-state index in [2.05, 4.69) is 5.32 Å². The van der Waals surface area contributed by atoms with Gasteiger partial charge in [-0.15, -0.1) is 0 Å². The predicted octanol–water partition coefficient (Wildman–Crippen LogP) is 2.65. The molecule has 0 aliphatic heterocycles. The van der Waals surface area contributed by atoms with E-state index in [1.165, 1.54) is 42.5 Å². The van der Waals surface area contributed by atoms with Gasteiger partial charge in [-0.3, -0.25) is 10.1 Å². The van der Waals surface area contributed by atoms with E-state index in [1.807, 2.05) is 0 Å². The van der Waals surface area contributed by atoms with Crippen molar-refractivity contribution in [3.05, 3.63) is 69.5 Å². The van der Waals surface area contributed by atoms with E-state index in [0.717, 1.165) is 0 Å². The Morgan fingerprint density at radius 1 is 1.26 bits per heavy atom. The maximum atomic E-state index is 12.9. The maximum Gasteiger partial charge on any atom is 0.270 e. The summed E-state index contributed by atoms with van der Waals surface area (Å²) in [6.45, 7) is 1.87. The molecule has 0 amide bonds. The SMILES string of the molecule is CC(NCc1cc([N+](=O)[O-])ccc1O)C(O)c1ccc(F)cc1. The zero-order valence-corrected chi connectivity index (χ0v) is 12.4. The Bertz CT molecular complexity index is 691. The second-order valence-electron chi connectivity index (χ2n) is 5.24. The standard InChI is InChI=1S/C16H17FN2O4/c1-10(16(21)11-2-4-13(17)5-3-11)18-9-12-8-14(19(22)23)6-7-15(12)20/h2-8,10,16,18,20-21H,9H2,1H3. The van der Waals surface area contributed by atoms with Gasteiger partial charge in [0, 0.05) is 30.3 Å². The lowest BCUT2D eigenvalue weighted by Crippen LogP contribution is -2.31. The van der Waals surface area contributed by atoms with Gasteiger partial charge in [0.05, 0.1) is 11.0 Å². The van der Waals surface area contributed by atoms with E-state index in [9.17, 15) is 24.7 Å². The zero-order chi connectivity index (χ0) is 17.0. The molecule has 6 nitrogen and oxygen atoms in total. The highest BCUT2D eigenvalue weighted by Gasteiger charge is 2.17. The van der Waals surface area contributed by atoms with Crippen molar-refractivity contribution in [3.63, 3.8) is 0 Å². The van der Waals surface area contributed by atoms with Crippen LogP contribution < -0.4 is 5.32 Å². The summed E-state index contributed by atoms with van der Waals surface area (Å²) in [4.78, 5) is 10.2. The van der Waals surface area contributed by atoms with E-state index in [-0.39, 0.29) is 23.8 Å². The molecule has 2 atom stereocenters. The Balaban J connectivity index is 2.03.